The van der Waals surface area contributed by atoms with E-state index in [1.165, 1.54) is 0 Å². The lowest BCUT2D eigenvalue weighted by Crippen LogP contribution is -2.62. The first-order valence-corrected chi connectivity index (χ1v) is 19.1. The zero-order valence-electron chi connectivity index (χ0n) is 29.6. The lowest BCUT2D eigenvalue weighted by Gasteiger charge is -2.46. The van der Waals surface area contributed by atoms with Crippen molar-refractivity contribution in [3.63, 3.8) is 0 Å². The van der Waals surface area contributed by atoms with Crippen molar-refractivity contribution in [1.82, 2.24) is 14.7 Å². The van der Waals surface area contributed by atoms with E-state index < -0.39 is 34.2 Å². The van der Waals surface area contributed by atoms with Crippen LogP contribution in [0.3, 0.4) is 0 Å². The Balaban J connectivity index is 1.62. The van der Waals surface area contributed by atoms with Crippen LogP contribution >= 0.6 is 27.7 Å². The summed E-state index contributed by atoms with van der Waals surface area (Å²) >= 11 is 5.57. The number of halogens is 1. The number of alkyl halides is 1. The minimum Gasteiger partial charge on any atom is -0.394 e. The third kappa shape index (κ3) is 7.31. The number of amides is 3. The van der Waals surface area contributed by atoms with Gasteiger partial charge in [-0.1, -0.05) is 110 Å². The second-order valence-electron chi connectivity index (χ2n) is 15.7. The second-order valence-corrected chi connectivity index (χ2v) is 18.4. The van der Waals surface area contributed by atoms with E-state index >= 15 is 9.59 Å². The topological polar surface area (TPSA) is 81.2 Å². The van der Waals surface area contributed by atoms with Crippen molar-refractivity contribution < 1.29 is 19.5 Å². The molecule has 264 valence electrons. The Labute approximate surface area is 305 Å². The number of thioether (sulfide) groups is 1. The Hall–Kier alpha value is -2.88. The lowest BCUT2D eigenvalue weighted by molar-refractivity contribution is -0.149. The first kappa shape index (κ1) is 37.4. The van der Waals surface area contributed by atoms with Crippen LogP contribution in [-0.4, -0.2) is 89.7 Å². The number of benzene rings is 2. The molecular formula is C40H52BrN3O4S. The fourth-order valence-electron chi connectivity index (χ4n) is 8.87. The van der Waals surface area contributed by atoms with Crippen molar-refractivity contribution >= 4 is 45.4 Å². The Morgan fingerprint density at radius 2 is 1.59 bits per heavy atom. The summed E-state index contributed by atoms with van der Waals surface area (Å²) in [4.78, 5) is 50.5. The van der Waals surface area contributed by atoms with Crippen LogP contribution in [0.1, 0.15) is 58.6 Å². The molecule has 0 saturated carbocycles. The first-order valence-electron chi connectivity index (χ1n) is 17.3. The Morgan fingerprint density at radius 3 is 2.14 bits per heavy atom. The predicted octanol–water partition coefficient (Wildman–Crippen LogP) is 6.50. The van der Waals surface area contributed by atoms with Gasteiger partial charge >= 0.3 is 0 Å². The number of aliphatic hydroxyl groups excluding tert-OH is 1. The van der Waals surface area contributed by atoms with E-state index in [9.17, 15) is 9.90 Å². The number of rotatable bonds is 14. The number of carbonyl (C=O) groups excluding carboxylic acids is 3. The van der Waals surface area contributed by atoms with Gasteiger partial charge in [-0.25, -0.2) is 0 Å². The zero-order valence-corrected chi connectivity index (χ0v) is 32.0. The van der Waals surface area contributed by atoms with Gasteiger partial charge in [0, 0.05) is 35.3 Å². The SMILES string of the molecule is C=CCN(Cc1ccccc1)C(=O)[C@H]1[C@H]2C(=O)N([C@@H](CO)Cc3ccccc3)C(C(=O)N(CC=C)C(C)(C)CC(C)(C)C)C23CC(Br)[C@@H]1S3. The van der Waals surface area contributed by atoms with Crippen LogP contribution in [0.15, 0.2) is 86.0 Å². The Bertz CT molecular complexity index is 1530. The van der Waals surface area contributed by atoms with Gasteiger partial charge in [0.15, 0.2) is 0 Å². The fourth-order valence-corrected chi connectivity index (χ4v) is 12.5. The third-order valence-electron chi connectivity index (χ3n) is 10.3. The maximum absolute atomic E-state index is 15.3. The molecule has 0 aromatic heterocycles. The van der Waals surface area contributed by atoms with E-state index in [1.54, 1.807) is 33.7 Å². The second kappa shape index (κ2) is 14.8. The molecule has 0 radical (unpaired) electrons. The predicted molar refractivity (Wildman–Crippen MR) is 202 cm³/mol. The molecule has 3 amide bonds. The fraction of sp³-hybridized carbons (Fsp3) is 0.525. The van der Waals surface area contributed by atoms with E-state index in [1.807, 2.05) is 65.6 Å². The highest BCUT2D eigenvalue weighted by molar-refractivity contribution is 9.09. The Kier molecular flexibility index (Phi) is 11.3. The molecule has 5 rings (SSSR count). The van der Waals surface area contributed by atoms with Crippen LogP contribution in [0.25, 0.3) is 0 Å². The van der Waals surface area contributed by atoms with E-state index in [-0.39, 0.29) is 39.8 Å². The van der Waals surface area contributed by atoms with Gasteiger partial charge in [0.1, 0.15) is 6.04 Å². The quantitative estimate of drug-likeness (QED) is 0.176. The summed E-state index contributed by atoms with van der Waals surface area (Å²) in [6.45, 7) is 19.4. The summed E-state index contributed by atoms with van der Waals surface area (Å²) in [5.41, 5.74) is 1.34. The zero-order chi connectivity index (χ0) is 35.7. The van der Waals surface area contributed by atoms with E-state index in [4.69, 9.17) is 0 Å². The van der Waals surface area contributed by atoms with E-state index in [0.29, 0.717) is 32.5 Å². The van der Waals surface area contributed by atoms with Crippen LogP contribution in [-0.2, 0) is 27.3 Å². The van der Waals surface area contributed by atoms with Crippen LogP contribution < -0.4 is 0 Å². The van der Waals surface area contributed by atoms with Gasteiger partial charge in [-0.15, -0.1) is 24.9 Å². The van der Waals surface area contributed by atoms with Gasteiger partial charge in [0.05, 0.1) is 29.2 Å². The highest BCUT2D eigenvalue weighted by atomic mass is 79.9. The van der Waals surface area contributed by atoms with Crippen LogP contribution in [0.5, 0.6) is 0 Å². The number of fused-ring (bicyclic) bond motifs is 1. The molecule has 0 aliphatic carbocycles. The molecule has 2 aromatic rings. The molecule has 7 nitrogen and oxygen atoms in total. The molecule has 3 fully saturated rings. The summed E-state index contributed by atoms with van der Waals surface area (Å²) in [5.74, 6) is -1.80. The summed E-state index contributed by atoms with van der Waals surface area (Å²) in [6, 6.07) is 18.1. The van der Waals surface area contributed by atoms with Crippen molar-refractivity contribution in [3.05, 3.63) is 97.1 Å². The van der Waals surface area contributed by atoms with Crippen molar-refractivity contribution in [3.8, 4) is 0 Å². The summed E-state index contributed by atoms with van der Waals surface area (Å²) < 4.78 is -0.846. The number of aliphatic hydroxyl groups is 1. The van der Waals surface area contributed by atoms with E-state index in [0.717, 1.165) is 17.5 Å². The number of nitrogens with zero attached hydrogens (tertiary/aromatic N) is 3. The van der Waals surface area contributed by atoms with Gasteiger partial charge in [-0.3, -0.25) is 14.4 Å². The molecule has 2 aromatic carbocycles. The van der Waals surface area contributed by atoms with E-state index in [2.05, 4.69) is 63.7 Å². The Morgan fingerprint density at radius 1 is 1.00 bits per heavy atom. The molecule has 3 unspecified atom stereocenters. The van der Waals surface area contributed by atoms with Gasteiger partial charge in [0.25, 0.3) is 0 Å². The molecule has 49 heavy (non-hydrogen) atoms. The highest BCUT2D eigenvalue weighted by Gasteiger charge is 2.76. The average Bonchev–Trinajstić information content (AvgIpc) is 3.64. The summed E-state index contributed by atoms with van der Waals surface area (Å²) in [6.07, 6.45) is 5.17. The van der Waals surface area contributed by atoms with Crippen molar-refractivity contribution in [2.24, 2.45) is 17.3 Å². The molecule has 3 heterocycles. The van der Waals surface area contributed by atoms with Crippen molar-refractivity contribution in [2.45, 2.75) is 92.9 Å². The van der Waals surface area contributed by atoms with Gasteiger partial charge < -0.3 is 19.8 Å². The molecular weight excluding hydrogens is 698 g/mol. The van der Waals surface area contributed by atoms with Gasteiger partial charge in [-0.2, -0.15) is 0 Å². The number of hydrogen-bond donors (Lipinski definition) is 1. The highest BCUT2D eigenvalue weighted by Crippen LogP contribution is 2.68. The first-order chi connectivity index (χ1) is 23.2. The number of hydrogen-bond acceptors (Lipinski definition) is 5. The van der Waals surface area contributed by atoms with Crippen LogP contribution in [0.2, 0.25) is 0 Å². The normalized spacial score (nSPS) is 26.7. The number of carbonyl (C=O) groups is 3. The third-order valence-corrected chi connectivity index (χ3v) is 13.5. The molecule has 2 bridgehead atoms. The maximum atomic E-state index is 15.3. The maximum Gasteiger partial charge on any atom is 0.247 e. The van der Waals surface area contributed by atoms with Gasteiger partial charge in [-0.05, 0) is 49.7 Å². The molecule has 7 atom stereocenters. The summed E-state index contributed by atoms with van der Waals surface area (Å²) in [5, 5.41) is 10.8. The van der Waals surface area contributed by atoms with Crippen molar-refractivity contribution in [2.75, 3.05) is 19.7 Å². The van der Waals surface area contributed by atoms with Gasteiger partial charge in [0.2, 0.25) is 17.7 Å². The standard InChI is InChI=1S/C40H52BrN3O4S/c1-8-20-42(24-28-18-14-11-15-19-28)35(46)31-32-36(47)44(29(25-45)22-27-16-12-10-13-17-27)34(40(32)23-30(41)33(31)49-40)37(48)43(21-9-2)39(6,7)26-38(3,4)5/h8-19,29-34,45H,1-2,20-26H2,3-7H3/t29-,30?,31+,32+,33+,34?,40?/m1/s1. The minimum atomic E-state index is -0.861. The monoisotopic (exact) mass is 749 g/mol. The van der Waals surface area contributed by atoms with Crippen LogP contribution in [0, 0.1) is 17.3 Å². The minimum absolute atomic E-state index is 0.0646. The molecule has 3 saturated heterocycles. The molecule has 1 spiro atoms. The molecule has 1 N–H and O–H groups in total. The summed E-state index contributed by atoms with van der Waals surface area (Å²) in [7, 11) is 0. The molecule has 3 aliphatic rings. The van der Waals surface area contributed by atoms with Crippen molar-refractivity contribution in [1.29, 1.82) is 0 Å². The van der Waals surface area contributed by atoms with Crippen LogP contribution in [0.4, 0.5) is 0 Å². The average molecular weight is 751 g/mol. The number of likely N-dealkylation sites (tertiary alicyclic amines) is 1. The molecule has 9 heteroatoms. The smallest absolute Gasteiger partial charge is 0.247 e. The largest absolute Gasteiger partial charge is 0.394 e. The lowest BCUT2D eigenvalue weighted by atomic mass is 9.70. The molecule has 3 aliphatic heterocycles.